The van der Waals surface area contributed by atoms with Crippen molar-refractivity contribution < 1.29 is 9.59 Å². The van der Waals surface area contributed by atoms with E-state index in [1.807, 2.05) is 55.5 Å². The third-order valence-corrected chi connectivity index (χ3v) is 6.44. The molecule has 30 heavy (non-hydrogen) atoms. The van der Waals surface area contributed by atoms with E-state index < -0.39 is 0 Å². The third-order valence-electron chi connectivity index (χ3n) is 5.02. The number of amides is 2. The number of thioether (sulfide) groups is 1. The number of halogens is 1. The van der Waals surface area contributed by atoms with Crippen molar-refractivity contribution in [2.24, 2.45) is 0 Å². The molecule has 1 heterocycles. The van der Waals surface area contributed by atoms with Crippen molar-refractivity contribution in [3.05, 3.63) is 94.0 Å². The van der Waals surface area contributed by atoms with Crippen LogP contribution in [-0.4, -0.2) is 17.6 Å². The fourth-order valence-corrected chi connectivity index (χ4v) is 4.43. The van der Waals surface area contributed by atoms with Gasteiger partial charge in [0.25, 0.3) is 5.91 Å². The highest BCUT2D eigenvalue weighted by Crippen LogP contribution is 2.37. The fraction of sp³-hybridized carbons (Fsp3) is 0.167. The fourth-order valence-electron chi connectivity index (χ4n) is 3.31. The standard InChI is InChI=1S/C24H21ClN2O2S/c1-16-6-8-17(9-7-16)14-27-21-12-18(10-11-22(21)30-15-23(27)28)24(29)26-13-19-4-2-3-5-20(19)25/h2-12H,13-15H2,1H3,(H,26,29). The summed E-state index contributed by atoms with van der Waals surface area (Å²) in [6, 6.07) is 21.1. The summed E-state index contributed by atoms with van der Waals surface area (Å²) in [6.45, 7) is 2.86. The first-order valence-corrected chi connectivity index (χ1v) is 11.0. The maximum atomic E-state index is 12.7. The Balaban J connectivity index is 1.55. The van der Waals surface area contributed by atoms with Gasteiger partial charge in [0.15, 0.2) is 0 Å². The van der Waals surface area contributed by atoms with Crippen LogP contribution in [0.4, 0.5) is 5.69 Å². The van der Waals surface area contributed by atoms with E-state index in [1.54, 1.807) is 23.1 Å². The average Bonchev–Trinajstić information content (AvgIpc) is 2.76. The first-order chi connectivity index (χ1) is 14.5. The molecule has 4 rings (SSSR count). The number of carbonyl (C=O) groups is 2. The summed E-state index contributed by atoms with van der Waals surface area (Å²) < 4.78 is 0. The molecule has 0 spiro atoms. The summed E-state index contributed by atoms with van der Waals surface area (Å²) in [5.41, 5.74) is 4.39. The van der Waals surface area contributed by atoms with E-state index in [1.165, 1.54) is 17.3 Å². The summed E-state index contributed by atoms with van der Waals surface area (Å²) >= 11 is 7.68. The molecule has 1 aliphatic rings. The highest BCUT2D eigenvalue weighted by molar-refractivity contribution is 8.00. The molecular weight excluding hydrogens is 416 g/mol. The zero-order valence-electron chi connectivity index (χ0n) is 16.5. The van der Waals surface area contributed by atoms with E-state index in [0.29, 0.717) is 29.4 Å². The number of anilines is 1. The van der Waals surface area contributed by atoms with Crippen LogP contribution in [0.3, 0.4) is 0 Å². The number of hydrogen-bond donors (Lipinski definition) is 1. The van der Waals surface area contributed by atoms with Crippen LogP contribution in [0.2, 0.25) is 5.02 Å². The number of fused-ring (bicyclic) bond motifs is 1. The number of nitrogens with zero attached hydrogens (tertiary/aromatic N) is 1. The summed E-state index contributed by atoms with van der Waals surface area (Å²) in [5, 5.41) is 3.53. The zero-order valence-corrected chi connectivity index (χ0v) is 18.1. The molecule has 0 atom stereocenters. The van der Waals surface area contributed by atoms with Gasteiger partial charge in [-0.1, -0.05) is 59.6 Å². The molecule has 4 nitrogen and oxygen atoms in total. The van der Waals surface area contributed by atoms with E-state index in [-0.39, 0.29) is 11.8 Å². The molecule has 0 bridgehead atoms. The molecular formula is C24H21ClN2O2S. The second-order valence-electron chi connectivity index (χ2n) is 7.21. The second-order valence-corrected chi connectivity index (χ2v) is 8.64. The predicted molar refractivity (Wildman–Crippen MR) is 122 cm³/mol. The maximum Gasteiger partial charge on any atom is 0.251 e. The Labute approximate surface area is 185 Å². The molecule has 0 saturated heterocycles. The van der Waals surface area contributed by atoms with Crippen LogP contribution >= 0.6 is 23.4 Å². The molecule has 0 radical (unpaired) electrons. The number of carbonyl (C=O) groups excluding carboxylic acids is 2. The van der Waals surface area contributed by atoms with Crippen molar-refractivity contribution in [2.45, 2.75) is 24.9 Å². The summed E-state index contributed by atoms with van der Waals surface area (Å²) in [7, 11) is 0. The second kappa shape index (κ2) is 8.94. The molecule has 0 saturated carbocycles. The molecule has 0 fully saturated rings. The Bertz CT molecular complexity index is 1100. The van der Waals surface area contributed by atoms with Gasteiger partial charge in [-0.05, 0) is 42.3 Å². The van der Waals surface area contributed by atoms with E-state index in [0.717, 1.165) is 21.7 Å². The summed E-state index contributed by atoms with van der Waals surface area (Å²) in [6.07, 6.45) is 0. The SMILES string of the molecule is Cc1ccc(CN2C(=O)CSc3ccc(C(=O)NCc4ccccc4Cl)cc32)cc1. The van der Waals surface area contributed by atoms with Gasteiger partial charge in [-0.15, -0.1) is 11.8 Å². The minimum atomic E-state index is -0.198. The van der Waals surface area contributed by atoms with Gasteiger partial charge in [-0.3, -0.25) is 9.59 Å². The molecule has 1 aliphatic heterocycles. The van der Waals surface area contributed by atoms with Gasteiger partial charge in [-0.2, -0.15) is 0 Å². The van der Waals surface area contributed by atoms with E-state index in [4.69, 9.17) is 11.6 Å². The van der Waals surface area contributed by atoms with Gasteiger partial charge in [-0.25, -0.2) is 0 Å². The van der Waals surface area contributed by atoms with E-state index in [9.17, 15) is 9.59 Å². The molecule has 3 aromatic carbocycles. The van der Waals surface area contributed by atoms with Crippen LogP contribution in [0.15, 0.2) is 71.6 Å². The monoisotopic (exact) mass is 436 g/mol. The van der Waals surface area contributed by atoms with Crippen LogP contribution in [0.5, 0.6) is 0 Å². The highest BCUT2D eigenvalue weighted by Gasteiger charge is 2.26. The first kappa shape index (κ1) is 20.5. The topological polar surface area (TPSA) is 49.4 Å². The van der Waals surface area contributed by atoms with Crippen molar-refractivity contribution in [3.63, 3.8) is 0 Å². The van der Waals surface area contributed by atoms with Gasteiger partial charge in [0.2, 0.25) is 5.91 Å². The van der Waals surface area contributed by atoms with Crippen molar-refractivity contribution in [2.75, 3.05) is 10.7 Å². The normalized spacial score (nSPS) is 13.1. The lowest BCUT2D eigenvalue weighted by atomic mass is 10.1. The number of benzene rings is 3. The quantitative estimate of drug-likeness (QED) is 0.596. The Morgan fingerprint density at radius 1 is 1.10 bits per heavy atom. The molecule has 0 aromatic heterocycles. The first-order valence-electron chi connectivity index (χ1n) is 9.65. The predicted octanol–water partition coefficient (Wildman–Crippen LogP) is 5.22. The molecule has 0 unspecified atom stereocenters. The molecule has 6 heteroatoms. The van der Waals surface area contributed by atoms with Crippen LogP contribution in [0.25, 0.3) is 0 Å². The van der Waals surface area contributed by atoms with Crippen LogP contribution in [0, 0.1) is 6.92 Å². The lowest BCUT2D eigenvalue weighted by Gasteiger charge is -2.29. The number of nitrogens with one attached hydrogen (secondary N) is 1. The van der Waals surface area contributed by atoms with Crippen molar-refractivity contribution in [3.8, 4) is 0 Å². The van der Waals surface area contributed by atoms with Gasteiger partial charge >= 0.3 is 0 Å². The molecule has 1 N–H and O–H groups in total. The van der Waals surface area contributed by atoms with E-state index >= 15 is 0 Å². The third kappa shape index (κ3) is 4.53. The molecule has 0 aliphatic carbocycles. The Morgan fingerprint density at radius 3 is 2.63 bits per heavy atom. The molecule has 2 amide bonds. The largest absolute Gasteiger partial charge is 0.348 e. The van der Waals surface area contributed by atoms with Crippen molar-refractivity contribution >= 4 is 40.9 Å². The van der Waals surface area contributed by atoms with Gasteiger partial charge in [0, 0.05) is 22.0 Å². The lowest BCUT2D eigenvalue weighted by Crippen LogP contribution is -2.35. The minimum Gasteiger partial charge on any atom is -0.348 e. The van der Waals surface area contributed by atoms with E-state index in [2.05, 4.69) is 5.32 Å². The number of hydrogen-bond acceptors (Lipinski definition) is 3. The highest BCUT2D eigenvalue weighted by atomic mass is 35.5. The van der Waals surface area contributed by atoms with Crippen LogP contribution in [-0.2, 0) is 17.9 Å². The lowest BCUT2D eigenvalue weighted by molar-refractivity contribution is -0.116. The number of aryl methyl sites for hydroxylation is 1. The van der Waals surface area contributed by atoms with Gasteiger partial charge in [0.1, 0.15) is 0 Å². The summed E-state index contributed by atoms with van der Waals surface area (Å²) in [5.74, 6) is 0.245. The molecule has 152 valence electrons. The van der Waals surface area contributed by atoms with Crippen LogP contribution < -0.4 is 10.2 Å². The zero-order chi connectivity index (χ0) is 21.1. The van der Waals surface area contributed by atoms with Crippen LogP contribution in [0.1, 0.15) is 27.0 Å². The summed E-state index contributed by atoms with van der Waals surface area (Å²) in [4.78, 5) is 28.2. The Hall–Kier alpha value is -2.76. The smallest absolute Gasteiger partial charge is 0.251 e. The average molecular weight is 437 g/mol. The Kier molecular flexibility index (Phi) is 6.11. The van der Waals surface area contributed by atoms with Gasteiger partial charge < -0.3 is 10.2 Å². The minimum absolute atomic E-state index is 0.0432. The van der Waals surface area contributed by atoms with Crippen molar-refractivity contribution in [1.82, 2.24) is 5.32 Å². The Morgan fingerprint density at radius 2 is 1.87 bits per heavy atom. The maximum absolute atomic E-state index is 12.7. The molecule has 3 aromatic rings. The van der Waals surface area contributed by atoms with Crippen molar-refractivity contribution in [1.29, 1.82) is 0 Å². The van der Waals surface area contributed by atoms with Gasteiger partial charge in [0.05, 0.1) is 18.0 Å². The number of rotatable bonds is 5.